The molecule has 182 valence electrons. The van der Waals surface area contributed by atoms with Crippen molar-refractivity contribution in [2.45, 2.75) is 25.0 Å². The number of carbonyl (C=O) groups excluding carboxylic acids is 1. The standard InChI is InChI=1S/C25H24F2N4O4.Na/c1-31-25(28-29-30-31)22(5-3-2-4-20(32)14-21(33)15-23(34)35)24(16-6-10-18(26)11-7-16)17-8-12-19(27)13-9-17;/h2-13,20-21,32-33H,14-15H2,1H3,(H,34,35);/q;+1/p-1/b4-2+,5-3+;/t20-,21-;/m1./s1. The molecule has 0 spiro atoms. The third kappa shape index (κ3) is 8.28. The first kappa shape index (κ1) is 29.2. The van der Waals surface area contributed by atoms with Gasteiger partial charge in [-0.25, -0.2) is 13.5 Å². The number of aliphatic hydroxyl groups excluding tert-OH is 2. The van der Waals surface area contributed by atoms with Crippen LogP contribution in [-0.4, -0.2) is 48.6 Å². The first-order chi connectivity index (χ1) is 16.7. The van der Waals surface area contributed by atoms with Gasteiger partial charge in [-0.2, -0.15) is 0 Å². The molecule has 2 N–H and O–H groups in total. The van der Waals surface area contributed by atoms with E-state index >= 15 is 0 Å². The van der Waals surface area contributed by atoms with Gasteiger partial charge < -0.3 is 20.1 Å². The van der Waals surface area contributed by atoms with Crippen LogP contribution in [0.25, 0.3) is 11.1 Å². The number of rotatable bonds is 10. The van der Waals surface area contributed by atoms with Crippen molar-refractivity contribution in [1.82, 2.24) is 20.2 Å². The van der Waals surface area contributed by atoms with Crippen LogP contribution in [0.5, 0.6) is 0 Å². The van der Waals surface area contributed by atoms with Crippen LogP contribution in [0.1, 0.15) is 29.8 Å². The van der Waals surface area contributed by atoms with E-state index in [1.165, 1.54) is 41.1 Å². The van der Waals surface area contributed by atoms with E-state index in [4.69, 9.17) is 0 Å². The van der Waals surface area contributed by atoms with Gasteiger partial charge in [0.1, 0.15) is 11.6 Å². The number of aliphatic hydroxyl groups is 2. The predicted molar refractivity (Wildman–Crippen MR) is 122 cm³/mol. The van der Waals surface area contributed by atoms with Crippen LogP contribution in [0.4, 0.5) is 8.78 Å². The number of aliphatic carboxylic acids is 1. The van der Waals surface area contributed by atoms with E-state index < -0.39 is 36.2 Å². The summed E-state index contributed by atoms with van der Waals surface area (Å²) in [5.74, 6) is -1.86. The molecule has 0 saturated carbocycles. The van der Waals surface area contributed by atoms with Gasteiger partial charge in [-0.3, -0.25) is 0 Å². The minimum Gasteiger partial charge on any atom is -0.550 e. The maximum absolute atomic E-state index is 13.6. The summed E-state index contributed by atoms with van der Waals surface area (Å²) >= 11 is 0. The number of benzene rings is 2. The molecule has 0 bridgehead atoms. The summed E-state index contributed by atoms with van der Waals surface area (Å²) < 4.78 is 28.7. The molecule has 1 heterocycles. The second kappa shape index (κ2) is 13.9. The number of carboxylic acid groups (broad SMARTS) is 1. The number of carboxylic acids is 1. The van der Waals surface area contributed by atoms with E-state index in [0.29, 0.717) is 28.1 Å². The number of hydrogen-bond acceptors (Lipinski definition) is 7. The fourth-order valence-electron chi connectivity index (χ4n) is 3.42. The topological polar surface area (TPSA) is 124 Å². The number of aryl methyl sites for hydroxylation is 1. The first-order valence-electron chi connectivity index (χ1n) is 10.6. The molecule has 0 aliphatic carbocycles. The van der Waals surface area contributed by atoms with Gasteiger partial charge in [-0.15, -0.1) is 5.10 Å². The minimum atomic E-state index is -1.41. The summed E-state index contributed by atoms with van der Waals surface area (Å²) in [7, 11) is 1.65. The molecule has 36 heavy (non-hydrogen) atoms. The van der Waals surface area contributed by atoms with Crippen molar-refractivity contribution in [3.8, 4) is 0 Å². The van der Waals surface area contributed by atoms with Crippen molar-refractivity contribution in [2.24, 2.45) is 7.05 Å². The van der Waals surface area contributed by atoms with Gasteiger partial charge in [0.05, 0.1) is 12.2 Å². The SMILES string of the molecule is Cn1nnnc1C(/C=C/C=C/[C@@H](O)C[C@@H](O)CC(=O)[O-])=C(c1ccc(F)cc1)c1ccc(F)cc1.[Na+]. The molecule has 0 radical (unpaired) electrons. The minimum absolute atomic E-state index is 0. The predicted octanol–water partition coefficient (Wildman–Crippen LogP) is -1.18. The summed E-state index contributed by atoms with van der Waals surface area (Å²) in [4.78, 5) is 10.6. The van der Waals surface area contributed by atoms with E-state index in [1.54, 1.807) is 43.5 Å². The van der Waals surface area contributed by atoms with Crippen molar-refractivity contribution in [3.63, 3.8) is 0 Å². The third-order valence-electron chi connectivity index (χ3n) is 5.02. The Bertz CT molecular complexity index is 1190. The van der Waals surface area contributed by atoms with Crippen molar-refractivity contribution >= 4 is 17.1 Å². The van der Waals surface area contributed by atoms with E-state index in [9.17, 15) is 28.9 Å². The Balaban J connectivity index is 0.00000456. The Morgan fingerprint density at radius 1 is 1.03 bits per heavy atom. The molecule has 0 aliphatic heterocycles. The Morgan fingerprint density at radius 2 is 1.58 bits per heavy atom. The van der Waals surface area contributed by atoms with Crippen LogP contribution in [0.3, 0.4) is 0 Å². The van der Waals surface area contributed by atoms with Crippen LogP contribution >= 0.6 is 0 Å². The smallest absolute Gasteiger partial charge is 0.550 e. The van der Waals surface area contributed by atoms with Crippen molar-refractivity contribution in [1.29, 1.82) is 0 Å². The zero-order valence-corrected chi connectivity index (χ0v) is 21.8. The summed E-state index contributed by atoms with van der Waals surface area (Å²) in [5, 5.41) is 41.9. The van der Waals surface area contributed by atoms with Crippen LogP contribution in [-0.2, 0) is 11.8 Å². The molecule has 1 aromatic heterocycles. The average Bonchev–Trinajstić information content (AvgIpc) is 3.22. The fourth-order valence-corrected chi connectivity index (χ4v) is 3.42. The maximum Gasteiger partial charge on any atom is 1.00 e. The second-order valence-corrected chi connectivity index (χ2v) is 7.71. The molecule has 0 aliphatic rings. The Morgan fingerprint density at radius 3 is 2.06 bits per heavy atom. The van der Waals surface area contributed by atoms with Crippen LogP contribution in [0.15, 0.2) is 72.8 Å². The van der Waals surface area contributed by atoms with Crippen molar-refractivity contribution in [3.05, 3.63) is 101 Å². The number of nitrogens with zero attached hydrogens (tertiary/aromatic N) is 4. The summed E-state index contributed by atoms with van der Waals surface area (Å²) in [6.45, 7) is 0. The molecule has 3 aromatic rings. The summed E-state index contributed by atoms with van der Waals surface area (Å²) in [6.07, 6.45) is 3.10. The van der Waals surface area contributed by atoms with Gasteiger partial charge in [0.25, 0.3) is 0 Å². The van der Waals surface area contributed by atoms with E-state index in [0.717, 1.165) is 0 Å². The number of hydrogen-bond donors (Lipinski definition) is 2. The number of halogens is 2. The third-order valence-corrected chi connectivity index (χ3v) is 5.02. The largest absolute Gasteiger partial charge is 1.00 e. The first-order valence-corrected chi connectivity index (χ1v) is 10.6. The van der Waals surface area contributed by atoms with Gasteiger partial charge >= 0.3 is 29.6 Å². The Labute approximate surface area is 228 Å². The average molecular weight is 504 g/mol. The molecule has 0 fully saturated rings. The molecular formula is C25H23F2N4NaO4. The van der Waals surface area contributed by atoms with Crippen LogP contribution < -0.4 is 34.7 Å². The molecule has 3 rings (SSSR count). The zero-order valence-electron chi connectivity index (χ0n) is 19.8. The second-order valence-electron chi connectivity index (χ2n) is 7.71. The van der Waals surface area contributed by atoms with Gasteiger partial charge in [0.2, 0.25) is 0 Å². The number of aromatic nitrogens is 4. The summed E-state index contributed by atoms with van der Waals surface area (Å²) in [6, 6.07) is 11.6. The number of allylic oxidation sites excluding steroid dienone is 4. The Hall–Kier alpha value is -3.02. The molecule has 0 amide bonds. The monoisotopic (exact) mass is 504 g/mol. The van der Waals surface area contributed by atoms with Gasteiger partial charge in [0, 0.05) is 31.4 Å². The normalized spacial score (nSPS) is 12.9. The molecule has 0 unspecified atom stereocenters. The van der Waals surface area contributed by atoms with Gasteiger partial charge in [0.15, 0.2) is 5.82 Å². The number of tetrazole rings is 1. The quantitative estimate of drug-likeness (QED) is 0.263. The fraction of sp³-hybridized carbons (Fsp3) is 0.200. The Kier molecular flexibility index (Phi) is 11.3. The molecule has 0 saturated heterocycles. The molecule has 2 aromatic carbocycles. The van der Waals surface area contributed by atoms with E-state index in [-0.39, 0.29) is 36.0 Å². The number of carbonyl (C=O) groups is 1. The molecule has 2 atom stereocenters. The van der Waals surface area contributed by atoms with Crippen LogP contribution in [0, 0.1) is 11.6 Å². The van der Waals surface area contributed by atoms with Gasteiger partial charge in [-0.05, 0) is 51.4 Å². The maximum atomic E-state index is 13.6. The zero-order chi connectivity index (χ0) is 25.4. The van der Waals surface area contributed by atoms with E-state index in [1.807, 2.05) is 0 Å². The van der Waals surface area contributed by atoms with Crippen molar-refractivity contribution < 1.29 is 58.5 Å². The van der Waals surface area contributed by atoms with Crippen LogP contribution in [0.2, 0.25) is 0 Å². The molecule has 8 nitrogen and oxygen atoms in total. The molecular weight excluding hydrogens is 481 g/mol. The van der Waals surface area contributed by atoms with E-state index in [2.05, 4.69) is 15.5 Å². The van der Waals surface area contributed by atoms with Gasteiger partial charge in [-0.1, -0.05) is 48.6 Å². The molecule has 11 heteroatoms. The van der Waals surface area contributed by atoms with Crippen molar-refractivity contribution in [2.75, 3.05) is 0 Å². The summed E-state index contributed by atoms with van der Waals surface area (Å²) in [5.41, 5.74) is 2.41.